The minimum Gasteiger partial charge on any atom is -0.353 e. The van der Waals surface area contributed by atoms with E-state index in [1.54, 1.807) is 6.08 Å². The highest BCUT2D eigenvalue weighted by Gasteiger charge is 2.00. The fourth-order valence-electron chi connectivity index (χ4n) is 0.947. The molecule has 0 radical (unpaired) electrons. The SMILES string of the molecule is C=CCN=C(C)N(CC=C)CC=C. The van der Waals surface area contributed by atoms with Crippen LogP contribution in [-0.4, -0.2) is 30.4 Å². The molecule has 0 aliphatic carbocycles. The first-order valence-corrected chi connectivity index (χ1v) is 4.35. The normalized spacial score (nSPS) is 10.7. The first kappa shape index (κ1) is 11.7. The van der Waals surface area contributed by atoms with Crippen molar-refractivity contribution >= 4 is 5.84 Å². The molecule has 0 saturated heterocycles. The fraction of sp³-hybridized carbons (Fsp3) is 0.364. The Hall–Kier alpha value is -1.31. The highest BCUT2D eigenvalue weighted by Crippen LogP contribution is 1.93. The van der Waals surface area contributed by atoms with Gasteiger partial charge in [-0.2, -0.15) is 0 Å². The minimum atomic E-state index is 0.663. The first-order valence-electron chi connectivity index (χ1n) is 4.35. The van der Waals surface area contributed by atoms with E-state index in [1.807, 2.05) is 19.1 Å². The van der Waals surface area contributed by atoms with Crippen molar-refractivity contribution in [1.29, 1.82) is 0 Å². The lowest BCUT2D eigenvalue weighted by Gasteiger charge is -2.20. The fourth-order valence-corrected chi connectivity index (χ4v) is 0.947. The van der Waals surface area contributed by atoms with E-state index in [0.717, 1.165) is 18.9 Å². The topological polar surface area (TPSA) is 15.6 Å². The number of amidine groups is 1. The zero-order valence-electron chi connectivity index (χ0n) is 8.37. The molecule has 0 saturated carbocycles. The smallest absolute Gasteiger partial charge is 0.0967 e. The summed E-state index contributed by atoms with van der Waals surface area (Å²) in [6.07, 6.45) is 5.50. The molecule has 0 N–H and O–H groups in total. The minimum absolute atomic E-state index is 0.663. The van der Waals surface area contributed by atoms with Crippen LogP contribution in [0.25, 0.3) is 0 Å². The summed E-state index contributed by atoms with van der Waals surface area (Å²) in [6, 6.07) is 0. The molecule has 0 heterocycles. The van der Waals surface area contributed by atoms with Gasteiger partial charge in [-0.15, -0.1) is 19.7 Å². The van der Waals surface area contributed by atoms with Gasteiger partial charge in [0, 0.05) is 13.1 Å². The van der Waals surface area contributed by atoms with E-state index in [2.05, 4.69) is 29.6 Å². The van der Waals surface area contributed by atoms with Gasteiger partial charge in [0.25, 0.3) is 0 Å². The lowest BCUT2D eigenvalue weighted by molar-refractivity contribution is 0.509. The van der Waals surface area contributed by atoms with E-state index < -0.39 is 0 Å². The molecule has 13 heavy (non-hydrogen) atoms. The van der Waals surface area contributed by atoms with Crippen LogP contribution in [0.4, 0.5) is 0 Å². The molecular formula is C11H18N2. The summed E-state index contributed by atoms with van der Waals surface area (Å²) in [4.78, 5) is 6.41. The van der Waals surface area contributed by atoms with Crippen LogP contribution in [0.5, 0.6) is 0 Å². The zero-order chi connectivity index (χ0) is 10.1. The second-order valence-corrected chi connectivity index (χ2v) is 2.66. The third kappa shape index (κ3) is 5.01. The highest BCUT2D eigenvalue weighted by molar-refractivity contribution is 5.80. The summed E-state index contributed by atoms with van der Waals surface area (Å²) in [7, 11) is 0. The van der Waals surface area contributed by atoms with Gasteiger partial charge in [-0.1, -0.05) is 18.2 Å². The average Bonchev–Trinajstić information content (AvgIpc) is 2.14. The van der Waals surface area contributed by atoms with Crippen LogP contribution >= 0.6 is 0 Å². The first-order chi connectivity index (χ1) is 6.26. The number of nitrogens with zero attached hydrogens (tertiary/aromatic N) is 2. The number of aliphatic imine (C=N–C) groups is 1. The molecule has 0 rings (SSSR count). The van der Waals surface area contributed by atoms with Crippen molar-refractivity contribution in [1.82, 2.24) is 4.90 Å². The summed E-state index contributed by atoms with van der Waals surface area (Å²) in [5.41, 5.74) is 0. The van der Waals surface area contributed by atoms with Gasteiger partial charge in [0.1, 0.15) is 0 Å². The third-order valence-electron chi connectivity index (χ3n) is 1.61. The third-order valence-corrected chi connectivity index (χ3v) is 1.61. The zero-order valence-corrected chi connectivity index (χ0v) is 8.37. The van der Waals surface area contributed by atoms with E-state index in [4.69, 9.17) is 0 Å². The van der Waals surface area contributed by atoms with Crippen molar-refractivity contribution in [2.24, 2.45) is 4.99 Å². The Bertz CT molecular complexity index is 194. The van der Waals surface area contributed by atoms with Gasteiger partial charge in [-0.05, 0) is 6.92 Å². The number of hydrogen-bond acceptors (Lipinski definition) is 1. The lowest BCUT2D eigenvalue weighted by Crippen LogP contribution is -2.29. The van der Waals surface area contributed by atoms with Crippen LogP contribution in [0.1, 0.15) is 6.92 Å². The molecule has 0 amide bonds. The van der Waals surface area contributed by atoms with Crippen LogP contribution in [0.3, 0.4) is 0 Å². The van der Waals surface area contributed by atoms with Gasteiger partial charge in [0.15, 0.2) is 0 Å². The molecule has 2 heteroatoms. The maximum absolute atomic E-state index is 4.31. The Morgan fingerprint density at radius 3 is 2.08 bits per heavy atom. The molecule has 0 aromatic carbocycles. The van der Waals surface area contributed by atoms with Crippen molar-refractivity contribution in [3.8, 4) is 0 Å². The van der Waals surface area contributed by atoms with E-state index in [0.29, 0.717) is 6.54 Å². The molecule has 0 atom stereocenters. The summed E-state index contributed by atoms with van der Waals surface area (Å²) in [6.45, 7) is 15.3. The Morgan fingerprint density at radius 2 is 1.69 bits per heavy atom. The van der Waals surface area contributed by atoms with E-state index in [-0.39, 0.29) is 0 Å². The monoisotopic (exact) mass is 178 g/mol. The predicted molar refractivity (Wildman–Crippen MR) is 60.1 cm³/mol. The molecule has 0 fully saturated rings. The summed E-state index contributed by atoms with van der Waals surface area (Å²) >= 11 is 0. The molecule has 0 aliphatic heterocycles. The van der Waals surface area contributed by atoms with Crippen LogP contribution in [0, 0.1) is 0 Å². The van der Waals surface area contributed by atoms with E-state index >= 15 is 0 Å². The molecule has 0 bridgehead atoms. The van der Waals surface area contributed by atoms with Crippen LogP contribution in [0.15, 0.2) is 43.0 Å². The quantitative estimate of drug-likeness (QED) is 0.346. The van der Waals surface area contributed by atoms with Gasteiger partial charge >= 0.3 is 0 Å². The highest BCUT2D eigenvalue weighted by atomic mass is 15.2. The molecule has 0 spiro atoms. The average molecular weight is 178 g/mol. The van der Waals surface area contributed by atoms with Crippen LogP contribution in [0.2, 0.25) is 0 Å². The van der Waals surface area contributed by atoms with E-state index in [9.17, 15) is 0 Å². The molecule has 0 aliphatic rings. The van der Waals surface area contributed by atoms with Crippen molar-refractivity contribution in [2.45, 2.75) is 6.92 Å². The summed E-state index contributed by atoms with van der Waals surface area (Å²) < 4.78 is 0. The Balaban J connectivity index is 4.23. The van der Waals surface area contributed by atoms with Gasteiger partial charge < -0.3 is 4.90 Å². The second-order valence-electron chi connectivity index (χ2n) is 2.66. The molecule has 0 unspecified atom stereocenters. The van der Waals surface area contributed by atoms with Crippen molar-refractivity contribution < 1.29 is 0 Å². The number of rotatable bonds is 6. The summed E-state index contributed by atoms with van der Waals surface area (Å²) in [5.74, 6) is 1.000. The van der Waals surface area contributed by atoms with Crippen LogP contribution < -0.4 is 0 Å². The number of hydrogen-bond donors (Lipinski definition) is 0. The molecule has 2 nitrogen and oxygen atoms in total. The molecular weight excluding hydrogens is 160 g/mol. The van der Waals surface area contributed by atoms with E-state index in [1.165, 1.54) is 0 Å². The van der Waals surface area contributed by atoms with Gasteiger partial charge in [-0.3, -0.25) is 4.99 Å². The van der Waals surface area contributed by atoms with Crippen LogP contribution in [-0.2, 0) is 0 Å². The molecule has 72 valence electrons. The van der Waals surface area contributed by atoms with Gasteiger partial charge in [-0.25, -0.2) is 0 Å². The Kier molecular flexibility index (Phi) is 6.60. The lowest BCUT2D eigenvalue weighted by atomic mass is 10.4. The molecule has 0 aromatic rings. The van der Waals surface area contributed by atoms with Crippen molar-refractivity contribution in [3.63, 3.8) is 0 Å². The van der Waals surface area contributed by atoms with Gasteiger partial charge in [0.05, 0.1) is 12.4 Å². The van der Waals surface area contributed by atoms with Crippen molar-refractivity contribution in [2.75, 3.05) is 19.6 Å². The van der Waals surface area contributed by atoms with Gasteiger partial charge in [0.2, 0.25) is 0 Å². The second kappa shape index (κ2) is 7.35. The van der Waals surface area contributed by atoms with Crippen molar-refractivity contribution in [3.05, 3.63) is 38.0 Å². The predicted octanol–water partition coefficient (Wildman–Crippen LogP) is 2.26. The Labute approximate surface area is 81.0 Å². The standard InChI is InChI=1S/C11H18N2/c1-5-8-12-11(4)13(9-6-2)10-7-3/h5-7H,1-3,8-10H2,4H3. The summed E-state index contributed by atoms with van der Waals surface area (Å²) in [5, 5.41) is 0. The maximum Gasteiger partial charge on any atom is 0.0967 e. The maximum atomic E-state index is 4.31. The molecule has 0 aromatic heterocycles. The largest absolute Gasteiger partial charge is 0.353 e. The Morgan fingerprint density at radius 1 is 1.15 bits per heavy atom.